The van der Waals surface area contributed by atoms with Crippen molar-refractivity contribution < 1.29 is 14.3 Å². The van der Waals surface area contributed by atoms with Crippen LogP contribution in [0.25, 0.3) is 0 Å². The minimum atomic E-state index is -0.422. The third-order valence-corrected chi connectivity index (χ3v) is 2.93. The van der Waals surface area contributed by atoms with Crippen LogP contribution in [0.4, 0.5) is 0 Å². The van der Waals surface area contributed by atoms with Crippen molar-refractivity contribution in [2.24, 2.45) is 0 Å². The summed E-state index contributed by atoms with van der Waals surface area (Å²) in [7, 11) is 0. The second-order valence-electron chi connectivity index (χ2n) is 3.63. The molecular weight excluding hydrogens is 287 g/mol. The molecule has 19 heavy (non-hydrogen) atoms. The first kappa shape index (κ1) is 13.7. The molecule has 0 unspecified atom stereocenters. The Kier molecular flexibility index (Phi) is 4.30. The molecule has 5 heteroatoms. The van der Waals surface area contributed by atoms with Gasteiger partial charge in [-0.15, -0.1) is 0 Å². The number of benzene rings is 2. The summed E-state index contributed by atoms with van der Waals surface area (Å²) >= 11 is 11.9. The molecule has 0 aliphatic rings. The Morgan fingerprint density at radius 2 is 1.79 bits per heavy atom. The van der Waals surface area contributed by atoms with Crippen LogP contribution in [-0.2, 0) is 4.79 Å². The van der Waals surface area contributed by atoms with Crippen LogP contribution in [0, 0.1) is 6.07 Å². The highest BCUT2D eigenvalue weighted by Crippen LogP contribution is 2.35. The maximum Gasteiger partial charge on any atom is 0.308 e. The first-order chi connectivity index (χ1) is 9.06. The van der Waals surface area contributed by atoms with Crippen LogP contribution in [0.1, 0.15) is 6.92 Å². The molecule has 0 fully saturated rings. The van der Waals surface area contributed by atoms with Crippen molar-refractivity contribution in [1.82, 2.24) is 0 Å². The van der Waals surface area contributed by atoms with Gasteiger partial charge in [-0.3, -0.25) is 4.79 Å². The van der Waals surface area contributed by atoms with Gasteiger partial charge in [0, 0.05) is 6.92 Å². The maximum absolute atomic E-state index is 10.9. The Bertz CT molecular complexity index is 611. The smallest absolute Gasteiger partial charge is 0.308 e. The van der Waals surface area contributed by atoms with E-state index in [2.05, 4.69) is 6.07 Å². The van der Waals surface area contributed by atoms with Crippen molar-refractivity contribution >= 4 is 29.2 Å². The van der Waals surface area contributed by atoms with Crippen LogP contribution < -0.4 is 9.47 Å². The number of rotatable bonds is 3. The molecule has 0 bridgehead atoms. The number of hydrogen-bond acceptors (Lipinski definition) is 3. The molecule has 0 spiro atoms. The Morgan fingerprint density at radius 3 is 2.53 bits per heavy atom. The van der Waals surface area contributed by atoms with Crippen molar-refractivity contribution in [1.29, 1.82) is 0 Å². The van der Waals surface area contributed by atoms with E-state index >= 15 is 0 Å². The molecule has 0 saturated heterocycles. The molecule has 3 nitrogen and oxygen atoms in total. The fraction of sp³-hybridized carbons (Fsp3) is 0.0714. The van der Waals surface area contributed by atoms with E-state index < -0.39 is 5.97 Å². The van der Waals surface area contributed by atoms with Gasteiger partial charge in [-0.05, 0) is 24.3 Å². The van der Waals surface area contributed by atoms with E-state index in [0.29, 0.717) is 21.5 Å². The lowest BCUT2D eigenvalue weighted by Crippen LogP contribution is -2.01. The molecule has 2 rings (SSSR count). The zero-order valence-electron chi connectivity index (χ0n) is 9.94. The third-order valence-electron chi connectivity index (χ3n) is 2.13. The predicted molar refractivity (Wildman–Crippen MR) is 73.1 cm³/mol. The standard InChI is InChI=1S/C14H9Cl2O3/c1-9(17)18-10-4-2-5-11(8-10)19-13-7-3-6-12(15)14(13)16/h2-7H,1H3. The molecule has 0 saturated carbocycles. The second-order valence-corrected chi connectivity index (χ2v) is 4.41. The number of hydrogen-bond donors (Lipinski definition) is 0. The Balaban J connectivity index is 2.23. The van der Waals surface area contributed by atoms with E-state index in [9.17, 15) is 4.79 Å². The monoisotopic (exact) mass is 295 g/mol. The van der Waals surface area contributed by atoms with E-state index in [4.69, 9.17) is 32.7 Å². The first-order valence-corrected chi connectivity index (χ1v) is 6.14. The van der Waals surface area contributed by atoms with Gasteiger partial charge in [0.25, 0.3) is 0 Å². The van der Waals surface area contributed by atoms with E-state index in [0.717, 1.165) is 0 Å². The van der Waals surface area contributed by atoms with Crippen LogP contribution in [0.5, 0.6) is 17.2 Å². The van der Waals surface area contributed by atoms with Crippen molar-refractivity contribution in [2.75, 3.05) is 0 Å². The fourth-order valence-electron chi connectivity index (χ4n) is 1.38. The van der Waals surface area contributed by atoms with Crippen LogP contribution >= 0.6 is 23.2 Å². The van der Waals surface area contributed by atoms with Gasteiger partial charge < -0.3 is 9.47 Å². The topological polar surface area (TPSA) is 35.5 Å². The first-order valence-electron chi connectivity index (χ1n) is 5.39. The van der Waals surface area contributed by atoms with Gasteiger partial charge in [-0.1, -0.05) is 35.3 Å². The number of halogens is 2. The zero-order chi connectivity index (χ0) is 13.8. The number of carbonyl (C=O) groups excluding carboxylic acids is 1. The highest BCUT2D eigenvalue weighted by atomic mass is 35.5. The summed E-state index contributed by atoms with van der Waals surface area (Å²) in [5.41, 5.74) is 0. The minimum absolute atomic E-state index is 0.281. The third kappa shape index (κ3) is 3.63. The molecule has 2 aromatic carbocycles. The van der Waals surface area contributed by atoms with Crippen molar-refractivity contribution in [3.8, 4) is 17.2 Å². The average molecular weight is 296 g/mol. The van der Waals surface area contributed by atoms with Crippen molar-refractivity contribution in [2.45, 2.75) is 6.92 Å². The number of esters is 1. The van der Waals surface area contributed by atoms with E-state index in [-0.39, 0.29) is 5.75 Å². The summed E-state index contributed by atoms with van der Waals surface area (Å²) < 4.78 is 10.5. The highest BCUT2D eigenvalue weighted by Gasteiger charge is 2.08. The molecule has 2 aromatic rings. The summed E-state index contributed by atoms with van der Waals surface area (Å²) in [4.78, 5) is 10.9. The average Bonchev–Trinajstić information content (AvgIpc) is 2.35. The van der Waals surface area contributed by atoms with E-state index in [1.54, 1.807) is 36.4 Å². The molecule has 0 aliphatic carbocycles. The largest absolute Gasteiger partial charge is 0.455 e. The lowest BCUT2D eigenvalue weighted by atomic mass is 10.3. The molecule has 0 amide bonds. The van der Waals surface area contributed by atoms with Crippen LogP contribution in [0.3, 0.4) is 0 Å². The molecule has 0 N–H and O–H groups in total. The normalized spacial score (nSPS) is 10.1. The SMILES string of the molecule is CC(=O)Oc1[c]c(Oc2cccc(Cl)c2Cl)ccc1. The Morgan fingerprint density at radius 1 is 1.11 bits per heavy atom. The van der Waals surface area contributed by atoms with Gasteiger partial charge in [0.05, 0.1) is 11.1 Å². The van der Waals surface area contributed by atoms with Crippen molar-refractivity contribution in [3.05, 3.63) is 52.5 Å². The van der Waals surface area contributed by atoms with Crippen LogP contribution in [-0.4, -0.2) is 5.97 Å². The zero-order valence-corrected chi connectivity index (χ0v) is 11.5. The molecular formula is C14H9Cl2O3. The molecule has 0 heterocycles. The summed E-state index contributed by atoms with van der Waals surface area (Å²) in [5, 5.41) is 0.714. The second kappa shape index (κ2) is 5.95. The van der Waals surface area contributed by atoms with Crippen LogP contribution in [0.2, 0.25) is 10.0 Å². The molecule has 1 radical (unpaired) electrons. The maximum atomic E-state index is 10.9. The fourth-order valence-corrected chi connectivity index (χ4v) is 1.71. The summed E-state index contributed by atoms with van der Waals surface area (Å²) in [5.74, 6) is 0.644. The molecule has 0 aliphatic heterocycles. The van der Waals surface area contributed by atoms with Gasteiger partial charge in [-0.2, -0.15) is 0 Å². The van der Waals surface area contributed by atoms with Gasteiger partial charge in [0.2, 0.25) is 0 Å². The lowest BCUT2D eigenvalue weighted by Gasteiger charge is -2.09. The highest BCUT2D eigenvalue weighted by molar-refractivity contribution is 6.42. The number of ether oxygens (including phenoxy) is 2. The van der Waals surface area contributed by atoms with Gasteiger partial charge in [0.1, 0.15) is 22.3 Å². The quantitative estimate of drug-likeness (QED) is 0.617. The van der Waals surface area contributed by atoms with E-state index in [1.807, 2.05) is 0 Å². The molecule has 0 atom stereocenters. The Labute approximate surface area is 120 Å². The molecule has 0 aromatic heterocycles. The number of carbonyl (C=O) groups is 1. The summed E-state index contributed by atoms with van der Waals surface area (Å²) in [6.45, 7) is 1.31. The van der Waals surface area contributed by atoms with Gasteiger partial charge in [0.15, 0.2) is 0 Å². The predicted octanol–water partition coefficient (Wildman–Crippen LogP) is 4.51. The van der Waals surface area contributed by atoms with Gasteiger partial charge >= 0.3 is 5.97 Å². The van der Waals surface area contributed by atoms with Gasteiger partial charge in [-0.25, -0.2) is 0 Å². The van der Waals surface area contributed by atoms with Crippen LogP contribution in [0.15, 0.2) is 36.4 Å². The molecule has 97 valence electrons. The summed E-state index contributed by atoms with van der Waals surface area (Å²) in [6, 6.07) is 12.8. The summed E-state index contributed by atoms with van der Waals surface area (Å²) in [6.07, 6.45) is 0. The minimum Gasteiger partial charge on any atom is -0.455 e. The van der Waals surface area contributed by atoms with Crippen molar-refractivity contribution in [3.63, 3.8) is 0 Å². The lowest BCUT2D eigenvalue weighted by molar-refractivity contribution is -0.131. The van der Waals surface area contributed by atoms with E-state index in [1.165, 1.54) is 6.92 Å². The Hall–Kier alpha value is -1.71.